The van der Waals surface area contributed by atoms with Crippen molar-refractivity contribution in [3.63, 3.8) is 0 Å². The highest BCUT2D eigenvalue weighted by Gasteiger charge is 2.23. The Labute approximate surface area is 184 Å². The molecule has 0 aromatic heterocycles. The van der Waals surface area contributed by atoms with E-state index in [2.05, 4.69) is 17.4 Å². The number of amides is 1. The molecule has 31 heavy (non-hydrogen) atoms. The summed E-state index contributed by atoms with van der Waals surface area (Å²) in [5, 5.41) is 2.79. The van der Waals surface area contributed by atoms with Crippen molar-refractivity contribution >= 4 is 12.2 Å². The molecule has 0 bridgehead atoms. The van der Waals surface area contributed by atoms with Gasteiger partial charge in [-0.05, 0) is 64.7 Å². The van der Waals surface area contributed by atoms with Gasteiger partial charge in [-0.3, -0.25) is 0 Å². The van der Waals surface area contributed by atoms with Gasteiger partial charge in [-0.1, -0.05) is 54.6 Å². The maximum absolute atomic E-state index is 12.3. The molecular weight excluding hydrogens is 394 g/mol. The third-order valence-electron chi connectivity index (χ3n) is 4.06. The molecule has 0 saturated heterocycles. The Morgan fingerprint density at radius 1 is 0.806 bits per heavy atom. The smallest absolute Gasteiger partial charge is 0.444 e. The van der Waals surface area contributed by atoms with Crippen LogP contribution < -0.4 is 5.32 Å². The van der Waals surface area contributed by atoms with Crippen LogP contribution >= 0.6 is 0 Å². The largest absolute Gasteiger partial charge is 0.508 e. The van der Waals surface area contributed by atoms with Crippen LogP contribution in [0.25, 0.3) is 11.1 Å². The lowest BCUT2D eigenvalue weighted by molar-refractivity contribution is -0.0119. The van der Waals surface area contributed by atoms with Gasteiger partial charge in [0.2, 0.25) is 0 Å². The van der Waals surface area contributed by atoms with E-state index >= 15 is 0 Å². The van der Waals surface area contributed by atoms with Gasteiger partial charge in [0.25, 0.3) is 0 Å². The maximum atomic E-state index is 12.3. The van der Waals surface area contributed by atoms with Gasteiger partial charge >= 0.3 is 12.2 Å². The number of rotatable bonds is 6. The van der Waals surface area contributed by atoms with E-state index in [4.69, 9.17) is 14.2 Å². The van der Waals surface area contributed by atoms with Crippen molar-refractivity contribution in [3.8, 4) is 11.1 Å². The lowest BCUT2D eigenvalue weighted by Crippen LogP contribution is -2.43. The number of carbonyl (C=O) groups is 2. The molecule has 2 rings (SSSR count). The second-order valence-corrected chi connectivity index (χ2v) is 9.39. The van der Waals surface area contributed by atoms with E-state index in [0.29, 0.717) is 6.42 Å². The summed E-state index contributed by atoms with van der Waals surface area (Å²) < 4.78 is 15.8. The summed E-state index contributed by atoms with van der Waals surface area (Å²) in [6, 6.07) is 17.7. The normalized spacial score (nSPS) is 12.6. The van der Waals surface area contributed by atoms with Crippen molar-refractivity contribution in [2.45, 2.75) is 65.2 Å². The SMILES string of the molecule is CC(C)(C)OC(=O)N[C@@H](COC(=O)OC(C)(C)C)Cc1ccc(-c2ccccc2)cc1. The Balaban J connectivity index is 2.06. The van der Waals surface area contributed by atoms with Gasteiger partial charge in [0, 0.05) is 0 Å². The average Bonchev–Trinajstić information content (AvgIpc) is 2.64. The van der Waals surface area contributed by atoms with Crippen molar-refractivity contribution in [2.24, 2.45) is 0 Å². The molecule has 2 aromatic rings. The molecule has 0 aliphatic heterocycles. The van der Waals surface area contributed by atoms with E-state index in [0.717, 1.165) is 16.7 Å². The Kier molecular flexibility index (Phi) is 8.08. The fourth-order valence-corrected chi connectivity index (χ4v) is 2.82. The molecule has 6 heteroatoms. The third kappa shape index (κ3) is 9.55. The zero-order valence-electron chi connectivity index (χ0n) is 19.2. The minimum atomic E-state index is -0.775. The molecule has 0 aliphatic carbocycles. The first kappa shape index (κ1) is 24.3. The van der Waals surface area contributed by atoms with Gasteiger partial charge in [-0.25, -0.2) is 9.59 Å². The second-order valence-electron chi connectivity index (χ2n) is 9.39. The van der Waals surface area contributed by atoms with Gasteiger partial charge in [0.15, 0.2) is 0 Å². The number of carbonyl (C=O) groups excluding carboxylic acids is 2. The highest BCUT2D eigenvalue weighted by atomic mass is 16.7. The summed E-state index contributed by atoms with van der Waals surface area (Å²) in [5.74, 6) is 0. The van der Waals surface area contributed by atoms with Crippen LogP contribution in [-0.2, 0) is 20.6 Å². The van der Waals surface area contributed by atoms with Crippen molar-refractivity contribution in [3.05, 3.63) is 60.2 Å². The van der Waals surface area contributed by atoms with Crippen LogP contribution in [-0.4, -0.2) is 36.1 Å². The molecule has 0 spiro atoms. The monoisotopic (exact) mass is 427 g/mol. The predicted octanol–water partition coefficient (Wildman–Crippen LogP) is 5.74. The molecule has 6 nitrogen and oxygen atoms in total. The quantitative estimate of drug-likeness (QED) is 0.595. The molecule has 168 valence electrons. The Morgan fingerprint density at radius 2 is 1.35 bits per heavy atom. The molecule has 2 aromatic carbocycles. The summed E-state index contributed by atoms with van der Waals surface area (Å²) >= 11 is 0. The van der Waals surface area contributed by atoms with Crippen molar-refractivity contribution in [1.29, 1.82) is 0 Å². The number of hydrogen-bond donors (Lipinski definition) is 1. The van der Waals surface area contributed by atoms with Gasteiger partial charge in [-0.15, -0.1) is 0 Å². The standard InChI is InChI=1S/C25H33NO5/c1-24(2,3)30-22(27)26-21(17-29-23(28)31-25(4,5)6)16-18-12-14-20(15-13-18)19-10-8-7-9-11-19/h7-15,21H,16-17H2,1-6H3,(H,26,27)/t21-/m1/s1. The van der Waals surface area contributed by atoms with Crippen LogP contribution in [0.1, 0.15) is 47.1 Å². The number of ether oxygens (including phenoxy) is 3. The fourth-order valence-electron chi connectivity index (χ4n) is 2.82. The number of benzene rings is 2. The second kappa shape index (κ2) is 10.3. The predicted molar refractivity (Wildman–Crippen MR) is 121 cm³/mol. The summed E-state index contributed by atoms with van der Waals surface area (Å²) in [7, 11) is 0. The molecule has 0 unspecified atom stereocenters. The molecule has 0 fully saturated rings. The molecule has 0 heterocycles. The Morgan fingerprint density at radius 3 is 1.90 bits per heavy atom. The van der Waals surface area contributed by atoms with Crippen molar-refractivity contribution in [2.75, 3.05) is 6.61 Å². The van der Waals surface area contributed by atoms with Crippen LogP contribution in [0.4, 0.5) is 9.59 Å². The minimum absolute atomic E-state index is 0.0331. The first-order valence-electron chi connectivity index (χ1n) is 10.4. The van der Waals surface area contributed by atoms with E-state index in [-0.39, 0.29) is 6.61 Å². The third-order valence-corrected chi connectivity index (χ3v) is 4.06. The minimum Gasteiger partial charge on any atom is -0.444 e. The molecule has 1 amide bonds. The molecule has 1 atom stereocenters. The Hall–Kier alpha value is -3.02. The van der Waals surface area contributed by atoms with Gasteiger partial charge in [-0.2, -0.15) is 0 Å². The zero-order chi connectivity index (χ0) is 23.1. The highest BCUT2D eigenvalue weighted by molar-refractivity contribution is 5.68. The number of hydrogen-bond acceptors (Lipinski definition) is 5. The molecule has 0 aliphatic rings. The van der Waals surface area contributed by atoms with Crippen LogP contribution in [0, 0.1) is 0 Å². The van der Waals surface area contributed by atoms with Crippen LogP contribution in [0.3, 0.4) is 0 Å². The van der Waals surface area contributed by atoms with E-state index < -0.39 is 29.5 Å². The van der Waals surface area contributed by atoms with E-state index in [1.165, 1.54) is 0 Å². The van der Waals surface area contributed by atoms with Crippen molar-refractivity contribution < 1.29 is 23.8 Å². The molecule has 0 saturated carbocycles. The van der Waals surface area contributed by atoms with Gasteiger partial charge in [0.1, 0.15) is 17.8 Å². The summed E-state index contributed by atoms with van der Waals surface area (Å²) in [6.07, 6.45) is -0.869. The highest BCUT2D eigenvalue weighted by Crippen LogP contribution is 2.20. The molecular formula is C25H33NO5. The van der Waals surface area contributed by atoms with Crippen LogP contribution in [0.15, 0.2) is 54.6 Å². The average molecular weight is 428 g/mol. The lowest BCUT2D eigenvalue weighted by Gasteiger charge is -2.24. The maximum Gasteiger partial charge on any atom is 0.508 e. The summed E-state index contributed by atoms with van der Waals surface area (Å²) in [5.41, 5.74) is 1.95. The van der Waals surface area contributed by atoms with Crippen LogP contribution in [0.2, 0.25) is 0 Å². The Bertz CT molecular complexity index is 848. The molecule has 0 radical (unpaired) electrons. The molecule has 1 N–H and O–H groups in total. The van der Waals surface area contributed by atoms with Crippen molar-refractivity contribution in [1.82, 2.24) is 5.32 Å². The van der Waals surface area contributed by atoms with E-state index in [1.54, 1.807) is 41.5 Å². The van der Waals surface area contributed by atoms with E-state index in [1.807, 2.05) is 42.5 Å². The summed E-state index contributed by atoms with van der Waals surface area (Å²) in [6.45, 7) is 10.6. The van der Waals surface area contributed by atoms with Gasteiger partial charge < -0.3 is 19.5 Å². The first-order chi connectivity index (χ1) is 14.4. The zero-order valence-corrected chi connectivity index (χ0v) is 19.2. The van der Waals surface area contributed by atoms with Gasteiger partial charge in [0.05, 0.1) is 6.04 Å². The number of alkyl carbamates (subject to hydrolysis) is 1. The fraction of sp³-hybridized carbons (Fsp3) is 0.440. The first-order valence-corrected chi connectivity index (χ1v) is 10.4. The lowest BCUT2D eigenvalue weighted by atomic mass is 10.0. The topological polar surface area (TPSA) is 73.9 Å². The summed E-state index contributed by atoms with van der Waals surface area (Å²) in [4.78, 5) is 24.2. The van der Waals surface area contributed by atoms with E-state index in [9.17, 15) is 9.59 Å². The number of nitrogens with one attached hydrogen (secondary N) is 1. The van der Waals surface area contributed by atoms with Crippen LogP contribution in [0.5, 0.6) is 0 Å².